The topological polar surface area (TPSA) is 66.6 Å². The molecule has 0 unspecified atom stereocenters. The van der Waals surface area contributed by atoms with Crippen molar-refractivity contribution in [2.75, 3.05) is 18.9 Å². The Morgan fingerprint density at radius 3 is 2.53 bits per heavy atom. The maximum absolute atomic E-state index is 12.6. The van der Waals surface area contributed by atoms with E-state index < -0.39 is 0 Å². The number of aliphatic hydroxyl groups excluding tert-OH is 1. The molecule has 3 N–H and O–H groups in total. The van der Waals surface area contributed by atoms with Crippen LogP contribution >= 0.6 is 0 Å². The van der Waals surface area contributed by atoms with Gasteiger partial charge in [0.25, 0.3) is 5.91 Å². The molecule has 1 aromatic carbocycles. The summed E-state index contributed by atoms with van der Waals surface area (Å²) in [5.74, 6) is -0.0936. The molecule has 0 saturated carbocycles. The van der Waals surface area contributed by atoms with Crippen molar-refractivity contribution in [3.63, 3.8) is 0 Å². The molecule has 0 radical (unpaired) electrons. The number of rotatable bonds is 6. The van der Waals surface area contributed by atoms with E-state index in [4.69, 9.17) is 5.73 Å². The van der Waals surface area contributed by atoms with Gasteiger partial charge in [-0.05, 0) is 31.4 Å². The van der Waals surface area contributed by atoms with Crippen molar-refractivity contribution in [2.45, 2.75) is 39.7 Å². The van der Waals surface area contributed by atoms with Gasteiger partial charge in [-0.15, -0.1) is 0 Å². The first-order valence-electron chi connectivity index (χ1n) is 6.83. The Bertz CT molecular complexity index is 428. The summed E-state index contributed by atoms with van der Waals surface area (Å²) in [6, 6.07) is 5.61. The van der Waals surface area contributed by atoms with Gasteiger partial charge in [0.15, 0.2) is 0 Å². The first kappa shape index (κ1) is 15.5. The number of aryl methyl sites for hydroxylation is 1. The Hall–Kier alpha value is -1.55. The monoisotopic (exact) mass is 264 g/mol. The number of anilines is 1. The van der Waals surface area contributed by atoms with Gasteiger partial charge in [-0.2, -0.15) is 0 Å². The minimum Gasteiger partial charge on any atom is -0.398 e. The average Bonchev–Trinajstić information content (AvgIpc) is 2.41. The van der Waals surface area contributed by atoms with Gasteiger partial charge in [0.1, 0.15) is 0 Å². The second-order valence-electron chi connectivity index (χ2n) is 4.73. The normalized spacial score (nSPS) is 10.8. The molecule has 0 saturated heterocycles. The fourth-order valence-electron chi connectivity index (χ4n) is 2.31. The molecule has 0 aromatic heterocycles. The summed E-state index contributed by atoms with van der Waals surface area (Å²) in [5, 5.41) is 9.17. The second kappa shape index (κ2) is 7.14. The van der Waals surface area contributed by atoms with Crippen molar-refractivity contribution in [2.24, 2.45) is 0 Å². The third-order valence-electron chi connectivity index (χ3n) is 3.54. The van der Waals surface area contributed by atoms with Crippen molar-refractivity contribution in [1.82, 2.24) is 4.90 Å². The van der Waals surface area contributed by atoms with Gasteiger partial charge in [-0.25, -0.2) is 0 Å². The maximum atomic E-state index is 12.6. The predicted octanol–water partition coefficient (Wildman–Crippen LogP) is 2.20. The standard InChI is InChI=1S/C15H24N2O2/c1-4-12(5-2)17(9-10-18)15(19)13-8-6-7-11(3)14(13)16/h6-8,12,18H,4-5,9-10,16H2,1-3H3. The van der Waals surface area contributed by atoms with Crippen LogP contribution in [0.3, 0.4) is 0 Å². The zero-order valence-electron chi connectivity index (χ0n) is 12.0. The van der Waals surface area contributed by atoms with Crippen LogP contribution in [0, 0.1) is 6.92 Å². The number of nitrogens with zero attached hydrogens (tertiary/aromatic N) is 1. The highest BCUT2D eigenvalue weighted by Gasteiger charge is 2.23. The fraction of sp³-hybridized carbons (Fsp3) is 0.533. The lowest BCUT2D eigenvalue weighted by Gasteiger charge is -2.30. The van der Waals surface area contributed by atoms with Crippen LogP contribution in [-0.2, 0) is 0 Å². The van der Waals surface area contributed by atoms with E-state index in [1.807, 2.05) is 32.9 Å². The smallest absolute Gasteiger partial charge is 0.256 e. The third kappa shape index (κ3) is 3.47. The van der Waals surface area contributed by atoms with Crippen LogP contribution in [-0.4, -0.2) is 35.1 Å². The molecule has 0 heterocycles. The van der Waals surface area contributed by atoms with Gasteiger partial charge in [-0.3, -0.25) is 4.79 Å². The van der Waals surface area contributed by atoms with Gasteiger partial charge in [0, 0.05) is 18.3 Å². The predicted molar refractivity (Wildman–Crippen MR) is 78.1 cm³/mol. The minimum absolute atomic E-state index is 0.0338. The molecule has 0 aliphatic rings. The summed E-state index contributed by atoms with van der Waals surface area (Å²) in [6.07, 6.45) is 1.74. The van der Waals surface area contributed by atoms with Crippen LogP contribution in [0.25, 0.3) is 0 Å². The van der Waals surface area contributed by atoms with E-state index >= 15 is 0 Å². The van der Waals surface area contributed by atoms with Gasteiger partial charge >= 0.3 is 0 Å². The minimum atomic E-state index is -0.0936. The number of carbonyl (C=O) groups excluding carboxylic acids is 1. The lowest BCUT2D eigenvalue weighted by molar-refractivity contribution is 0.0623. The molecule has 0 fully saturated rings. The molecule has 0 spiro atoms. The van der Waals surface area contributed by atoms with Crippen molar-refractivity contribution < 1.29 is 9.90 Å². The molecule has 4 nitrogen and oxygen atoms in total. The lowest BCUT2D eigenvalue weighted by Crippen LogP contribution is -2.41. The maximum Gasteiger partial charge on any atom is 0.256 e. The van der Waals surface area contributed by atoms with Crippen molar-refractivity contribution in [3.8, 4) is 0 Å². The highest BCUT2D eigenvalue weighted by atomic mass is 16.3. The zero-order chi connectivity index (χ0) is 14.4. The fourth-order valence-corrected chi connectivity index (χ4v) is 2.31. The largest absolute Gasteiger partial charge is 0.398 e. The molecular weight excluding hydrogens is 240 g/mol. The molecule has 0 aliphatic carbocycles. The number of aliphatic hydroxyl groups is 1. The lowest BCUT2D eigenvalue weighted by atomic mass is 10.0. The SMILES string of the molecule is CCC(CC)N(CCO)C(=O)c1cccc(C)c1N. The van der Waals surface area contributed by atoms with E-state index in [1.165, 1.54) is 0 Å². The van der Waals surface area contributed by atoms with E-state index in [0.717, 1.165) is 18.4 Å². The van der Waals surface area contributed by atoms with Gasteiger partial charge in [0.05, 0.1) is 12.2 Å². The number of nitrogen functional groups attached to an aromatic ring is 1. The first-order chi connectivity index (χ1) is 9.06. The third-order valence-corrected chi connectivity index (χ3v) is 3.54. The Morgan fingerprint density at radius 2 is 2.00 bits per heavy atom. The second-order valence-corrected chi connectivity index (χ2v) is 4.73. The summed E-state index contributed by atoms with van der Waals surface area (Å²) < 4.78 is 0. The zero-order valence-corrected chi connectivity index (χ0v) is 12.0. The molecule has 0 aliphatic heterocycles. The summed E-state index contributed by atoms with van der Waals surface area (Å²) in [6.45, 7) is 6.29. The van der Waals surface area contributed by atoms with Crippen molar-refractivity contribution >= 4 is 11.6 Å². The number of hydrogen-bond acceptors (Lipinski definition) is 3. The van der Waals surface area contributed by atoms with Crippen LogP contribution in [0.1, 0.15) is 42.6 Å². The van der Waals surface area contributed by atoms with Crippen molar-refractivity contribution in [1.29, 1.82) is 0 Å². The number of carbonyl (C=O) groups is 1. The average molecular weight is 264 g/mol. The first-order valence-corrected chi connectivity index (χ1v) is 6.83. The number of para-hydroxylation sites is 1. The van der Waals surface area contributed by atoms with E-state index in [-0.39, 0.29) is 18.6 Å². The van der Waals surface area contributed by atoms with Crippen LogP contribution in [0.15, 0.2) is 18.2 Å². The van der Waals surface area contributed by atoms with E-state index in [0.29, 0.717) is 17.8 Å². The Balaban J connectivity index is 3.08. The Labute approximate surface area is 115 Å². The highest BCUT2D eigenvalue weighted by Crippen LogP contribution is 2.20. The number of nitrogens with two attached hydrogens (primary N) is 1. The van der Waals surface area contributed by atoms with E-state index in [2.05, 4.69) is 0 Å². The number of amides is 1. The molecular formula is C15H24N2O2. The summed E-state index contributed by atoms with van der Waals surface area (Å²) >= 11 is 0. The van der Waals surface area contributed by atoms with Crippen LogP contribution in [0.5, 0.6) is 0 Å². The van der Waals surface area contributed by atoms with Crippen LogP contribution < -0.4 is 5.73 Å². The molecule has 0 bridgehead atoms. The quantitative estimate of drug-likeness (QED) is 0.774. The van der Waals surface area contributed by atoms with Crippen LogP contribution in [0.4, 0.5) is 5.69 Å². The van der Waals surface area contributed by atoms with E-state index in [1.54, 1.807) is 11.0 Å². The molecule has 1 amide bonds. The Morgan fingerprint density at radius 1 is 1.37 bits per heavy atom. The van der Waals surface area contributed by atoms with Gasteiger partial charge in [-0.1, -0.05) is 26.0 Å². The molecule has 1 aromatic rings. The molecule has 0 atom stereocenters. The molecule has 19 heavy (non-hydrogen) atoms. The Kier molecular flexibility index (Phi) is 5.83. The van der Waals surface area contributed by atoms with Crippen molar-refractivity contribution in [3.05, 3.63) is 29.3 Å². The van der Waals surface area contributed by atoms with E-state index in [9.17, 15) is 9.90 Å². The van der Waals surface area contributed by atoms with Gasteiger partial charge in [0.2, 0.25) is 0 Å². The van der Waals surface area contributed by atoms with Gasteiger partial charge < -0.3 is 15.7 Å². The number of hydrogen-bond donors (Lipinski definition) is 2. The number of benzene rings is 1. The van der Waals surface area contributed by atoms with Crippen LogP contribution in [0.2, 0.25) is 0 Å². The molecule has 1 rings (SSSR count). The molecule has 106 valence electrons. The summed E-state index contributed by atoms with van der Waals surface area (Å²) in [5.41, 5.74) is 7.95. The summed E-state index contributed by atoms with van der Waals surface area (Å²) in [4.78, 5) is 14.3. The summed E-state index contributed by atoms with van der Waals surface area (Å²) in [7, 11) is 0. The molecule has 4 heteroatoms. The highest BCUT2D eigenvalue weighted by molar-refractivity contribution is 5.99.